The Hall–Kier alpha value is -2.68. The van der Waals surface area contributed by atoms with Crippen LogP contribution in [0.1, 0.15) is 5.56 Å². The third kappa shape index (κ3) is 3.59. The normalized spacial score (nSPS) is 11.3. The van der Waals surface area contributed by atoms with Crippen molar-refractivity contribution in [2.75, 3.05) is 12.3 Å². The number of aromatic hydroxyl groups is 1. The second-order valence-electron chi connectivity index (χ2n) is 6.00. The molecule has 0 saturated carbocycles. The van der Waals surface area contributed by atoms with Crippen LogP contribution in [-0.4, -0.2) is 31.4 Å². The van der Waals surface area contributed by atoms with Crippen LogP contribution in [0.15, 0.2) is 41.4 Å². The molecule has 138 valence electrons. The van der Waals surface area contributed by atoms with Gasteiger partial charge in [0.2, 0.25) is 0 Å². The average molecular weight is 401 g/mol. The summed E-state index contributed by atoms with van der Waals surface area (Å²) in [5.41, 5.74) is 9.32. The van der Waals surface area contributed by atoms with Gasteiger partial charge in [-0.15, -0.1) is 0 Å². The predicted molar refractivity (Wildman–Crippen MR) is 108 cm³/mol. The molecule has 0 aliphatic carbocycles. The van der Waals surface area contributed by atoms with Crippen LogP contribution in [0.3, 0.4) is 0 Å². The number of nitrogens with zero attached hydrogens (tertiary/aromatic N) is 4. The van der Waals surface area contributed by atoms with Crippen molar-refractivity contribution < 1.29 is 5.11 Å². The zero-order valence-electron chi connectivity index (χ0n) is 14.3. The van der Waals surface area contributed by atoms with Gasteiger partial charge in [-0.2, -0.15) is 16.4 Å². The molecule has 0 radical (unpaired) electrons. The van der Waals surface area contributed by atoms with E-state index in [9.17, 15) is 5.11 Å². The summed E-state index contributed by atoms with van der Waals surface area (Å²) in [7, 11) is 0. The van der Waals surface area contributed by atoms with Gasteiger partial charge in [0.05, 0.1) is 17.0 Å². The van der Waals surface area contributed by atoms with Crippen LogP contribution in [-0.2, 0) is 13.1 Å². The third-order valence-corrected chi connectivity index (χ3v) is 5.24. The van der Waals surface area contributed by atoms with E-state index in [1.54, 1.807) is 34.2 Å². The van der Waals surface area contributed by atoms with Crippen molar-refractivity contribution in [2.24, 2.45) is 0 Å². The number of hydrogen-bond donors (Lipinski definition) is 3. The number of hydrogen-bond acceptors (Lipinski definition) is 7. The van der Waals surface area contributed by atoms with E-state index in [2.05, 4.69) is 37.2 Å². The molecule has 0 saturated heterocycles. The maximum absolute atomic E-state index is 9.94. The molecule has 4 rings (SSSR count). The summed E-state index contributed by atoms with van der Waals surface area (Å²) < 4.78 is 1.80. The summed E-state index contributed by atoms with van der Waals surface area (Å²) >= 11 is 7.60. The van der Waals surface area contributed by atoms with E-state index in [0.29, 0.717) is 34.7 Å². The first kappa shape index (κ1) is 17.7. The number of rotatable bonds is 6. The molecule has 7 nitrogen and oxygen atoms in total. The number of fused-ring (bicyclic) bond motifs is 1. The van der Waals surface area contributed by atoms with Crippen molar-refractivity contribution in [1.82, 2.24) is 25.1 Å². The molecule has 4 N–H and O–H groups in total. The SMILES string of the molecule is Nc1ncnc2c1c(-c1ccc(Cl)c(O)c1)nn2CCNCc1ccsc1. The van der Waals surface area contributed by atoms with Crippen LogP contribution >= 0.6 is 22.9 Å². The maximum atomic E-state index is 9.94. The summed E-state index contributed by atoms with van der Waals surface area (Å²) in [6.45, 7) is 2.15. The van der Waals surface area contributed by atoms with E-state index in [1.807, 2.05) is 0 Å². The van der Waals surface area contributed by atoms with Crippen molar-refractivity contribution >= 4 is 39.8 Å². The highest BCUT2D eigenvalue weighted by Crippen LogP contribution is 2.34. The van der Waals surface area contributed by atoms with Gasteiger partial charge in [-0.25, -0.2) is 14.6 Å². The summed E-state index contributed by atoms with van der Waals surface area (Å²) in [6, 6.07) is 7.07. The number of phenols is 1. The average Bonchev–Trinajstić information content (AvgIpc) is 3.30. The fraction of sp³-hybridized carbons (Fsp3) is 0.167. The van der Waals surface area contributed by atoms with Crippen LogP contribution in [0.25, 0.3) is 22.3 Å². The van der Waals surface area contributed by atoms with Gasteiger partial charge in [0.1, 0.15) is 23.6 Å². The van der Waals surface area contributed by atoms with Gasteiger partial charge in [-0.05, 0) is 34.5 Å². The molecule has 0 amide bonds. The lowest BCUT2D eigenvalue weighted by Gasteiger charge is -2.04. The first-order valence-corrected chi connectivity index (χ1v) is 9.63. The van der Waals surface area contributed by atoms with Gasteiger partial charge in [-0.1, -0.05) is 17.7 Å². The van der Waals surface area contributed by atoms with Crippen molar-refractivity contribution in [3.63, 3.8) is 0 Å². The molecule has 0 atom stereocenters. The largest absolute Gasteiger partial charge is 0.506 e. The summed E-state index contributed by atoms with van der Waals surface area (Å²) in [5.74, 6) is 0.339. The number of nitrogens with one attached hydrogen (secondary N) is 1. The molecule has 3 aromatic heterocycles. The Bertz CT molecular complexity index is 1080. The van der Waals surface area contributed by atoms with Gasteiger partial charge in [-0.3, -0.25) is 0 Å². The second-order valence-corrected chi connectivity index (χ2v) is 7.19. The smallest absolute Gasteiger partial charge is 0.164 e. The van der Waals surface area contributed by atoms with Crippen LogP contribution < -0.4 is 11.1 Å². The highest BCUT2D eigenvalue weighted by atomic mass is 35.5. The van der Waals surface area contributed by atoms with Crippen LogP contribution in [0.4, 0.5) is 5.82 Å². The van der Waals surface area contributed by atoms with E-state index < -0.39 is 0 Å². The number of nitrogens with two attached hydrogens (primary N) is 1. The standard InChI is InChI=1S/C18H17ClN6OS/c19-13-2-1-12(7-14(13)26)16-15-17(20)22-10-23-18(15)25(24-16)5-4-21-8-11-3-6-27-9-11/h1-3,6-7,9-10,21,26H,4-5,8H2,(H2,20,22,23). The molecule has 4 aromatic rings. The predicted octanol–water partition coefficient (Wildman–Crippen LogP) is 3.29. The second kappa shape index (κ2) is 7.51. The zero-order chi connectivity index (χ0) is 18.8. The lowest BCUT2D eigenvalue weighted by Crippen LogP contribution is -2.20. The molecule has 1 aromatic carbocycles. The van der Waals surface area contributed by atoms with Gasteiger partial charge < -0.3 is 16.2 Å². The first-order valence-electron chi connectivity index (χ1n) is 8.31. The van der Waals surface area contributed by atoms with Crippen LogP contribution in [0.5, 0.6) is 5.75 Å². The molecule has 0 aliphatic heterocycles. The molecule has 9 heteroatoms. The van der Waals surface area contributed by atoms with Crippen molar-refractivity contribution in [2.45, 2.75) is 13.1 Å². The fourth-order valence-electron chi connectivity index (χ4n) is 2.86. The molecule has 3 heterocycles. The number of halogens is 1. The van der Waals surface area contributed by atoms with Gasteiger partial charge in [0.15, 0.2) is 5.65 Å². The number of phenolic OH excluding ortho intramolecular Hbond substituents is 1. The Balaban J connectivity index is 1.63. The quantitative estimate of drug-likeness (QED) is 0.429. The Morgan fingerprint density at radius 3 is 2.93 bits per heavy atom. The molecular formula is C18H17ClN6OS. The molecule has 27 heavy (non-hydrogen) atoms. The summed E-state index contributed by atoms with van der Waals surface area (Å²) in [5, 5.41) is 23.1. The molecule has 0 spiro atoms. The molecule has 0 aliphatic rings. The number of aromatic nitrogens is 4. The van der Waals surface area contributed by atoms with E-state index >= 15 is 0 Å². The first-order chi connectivity index (χ1) is 13.1. The zero-order valence-corrected chi connectivity index (χ0v) is 15.8. The van der Waals surface area contributed by atoms with E-state index in [0.717, 1.165) is 13.1 Å². The molecule has 0 bridgehead atoms. The topological polar surface area (TPSA) is 102 Å². The van der Waals surface area contributed by atoms with Gasteiger partial charge >= 0.3 is 0 Å². The minimum Gasteiger partial charge on any atom is -0.506 e. The summed E-state index contributed by atoms with van der Waals surface area (Å²) in [4.78, 5) is 8.44. The molecule has 0 unspecified atom stereocenters. The summed E-state index contributed by atoms with van der Waals surface area (Å²) in [6.07, 6.45) is 1.43. The minimum atomic E-state index is -0.00952. The van der Waals surface area contributed by atoms with E-state index in [1.165, 1.54) is 11.9 Å². The number of thiophene rings is 1. The lowest BCUT2D eigenvalue weighted by molar-refractivity contribution is 0.476. The third-order valence-electron chi connectivity index (χ3n) is 4.19. The number of nitrogen functional groups attached to an aromatic ring is 1. The van der Waals surface area contributed by atoms with Crippen LogP contribution in [0, 0.1) is 0 Å². The van der Waals surface area contributed by atoms with E-state index in [-0.39, 0.29) is 10.8 Å². The van der Waals surface area contributed by atoms with Crippen LogP contribution in [0.2, 0.25) is 5.02 Å². The number of benzene rings is 1. The Morgan fingerprint density at radius 1 is 1.26 bits per heavy atom. The maximum Gasteiger partial charge on any atom is 0.164 e. The van der Waals surface area contributed by atoms with Gasteiger partial charge in [0, 0.05) is 18.7 Å². The molecular weight excluding hydrogens is 384 g/mol. The highest BCUT2D eigenvalue weighted by molar-refractivity contribution is 7.07. The Labute approximate surface area is 164 Å². The van der Waals surface area contributed by atoms with Gasteiger partial charge in [0.25, 0.3) is 0 Å². The molecule has 0 fully saturated rings. The van der Waals surface area contributed by atoms with Crippen molar-refractivity contribution in [1.29, 1.82) is 0 Å². The van der Waals surface area contributed by atoms with Crippen molar-refractivity contribution in [3.05, 3.63) is 51.9 Å². The Kier molecular flexibility index (Phi) is 4.93. The fourth-order valence-corrected chi connectivity index (χ4v) is 3.65. The lowest BCUT2D eigenvalue weighted by atomic mass is 10.1. The Morgan fingerprint density at radius 2 is 2.15 bits per heavy atom. The highest BCUT2D eigenvalue weighted by Gasteiger charge is 2.17. The number of anilines is 1. The monoisotopic (exact) mass is 400 g/mol. The van der Waals surface area contributed by atoms with Crippen molar-refractivity contribution in [3.8, 4) is 17.0 Å². The minimum absolute atomic E-state index is 0.00952. The van der Waals surface area contributed by atoms with E-state index in [4.69, 9.17) is 17.3 Å².